The van der Waals surface area contributed by atoms with E-state index in [2.05, 4.69) is 14.4 Å². The normalized spacial score (nSPS) is 17.0. The Morgan fingerprint density at radius 3 is 2.43 bits per heavy atom. The molecule has 1 fully saturated rings. The average Bonchev–Trinajstić information content (AvgIpc) is 3.33. The molecule has 1 aliphatic carbocycles. The second-order valence-electron chi connectivity index (χ2n) is 8.61. The Hall–Kier alpha value is -1.65. The molecule has 1 aliphatic rings. The lowest BCUT2D eigenvalue weighted by Gasteiger charge is -2.23. The Balaban J connectivity index is 2.34. The van der Waals surface area contributed by atoms with Crippen molar-refractivity contribution >= 4 is 50.8 Å². The molecule has 1 unspecified atom stereocenters. The summed E-state index contributed by atoms with van der Waals surface area (Å²) in [6.07, 6.45) is 0.899. The van der Waals surface area contributed by atoms with Crippen LogP contribution in [0, 0.1) is 11.8 Å². The van der Waals surface area contributed by atoms with Gasteiger partial charge < -0.3 is 10.1 Å². The van der Waals surface area contributed by atoms with E-state index in [-0.39, 0.29) is 22.5 Å². The number of nitrogens with one attached hydrogen (secondary N) is 2. The summed E-state index contributed by atoms with van der Waals surface area (Å²) in [6.45, 7) is 8.87. The summed E-state index contributed by atoms with van der Waals surface area (Å²) >= 11 is 6.99. The topological polar surface area (TPSA) is 114 Å². The van der Waals surface area contributed by atoms with Crippen LogP contribution in [0.15, 0.2) is 20.0 Å². The summed E-state index contributed by atoms with van der Waals surface area (Å²) in [7, 11) is -3.58. The zero-order valence-corrected chi connectivity index (χ0v) is 20.1. The monoisotopic (exact) mass is 477 g/mol. The highest BCUT2D eigenvalue weighted by atomic mass is 35.5. The number of alkyl carbamates (subject to hydrolysis) is 1. The minimum atomic E-state index is -3.58. The third kappa shape index (κ3) is 7.55. The van der Waals surface area contributed by atoms with Crippen molar-refractivity contribution in [3.05, 3.63) is 16.5 Å². The summed E-state index contributed by atoms with van der Waals surface area (Å²) in [5.41, 5.74) is -0.744. The largest absolute Gasteiger partial charge is 0.444 e. The molecule has 1 heterocycles. The Labute approximate surface area is 186 Å². The Morgan fingerprint density at radius 2 is 1.97 bits per heavy atom. The molecule has 11 heteroatoms. The fraction of sp³-hybridized carbons (Fsp3) is 0.632. The van der Waals surface area contributed by atoms with E-state index in [1.807, 2.05) is 13.8 Å². The van der Waals surface area contributed by atoms with Gasteiger partial charge in [0.1, 0.15) is 15.9 Å². The second-order valence-corrected chi connectivity index (χ2v) is 12.1. The van der Waals surface area contributed by atoms with E-state index >= 15 is 0 Å². The lowest BCUT2D eigenvalue weighted by atomic mass is 10.0. The van der Waals surface area contributed by atoms with Crippen LogP contribution >= 0.6 is 22.9 Å². The quantitative estimate of drug-likeness (QED) is 0.612. The highest BCUT2D eigenvalue weighted by molar-refractivity contribution is 7.94. The molecule has 0 aromatic carbocycles. The highest BCUT2D eigenvalue weighted by Gasteiger charge is 2.34. The van der Waals surface area contributed by atoms with Crippen LogP contribution in [-0.2, 0) is 24.2 Å². The van der Waals surface area contributed by atoms with Crippen LogP contribution in [0.5, 0.6) is 0 Å². The van der Waals surface area contributed by atoms with Gasteiger partial charge in [-0.3, -0.25) is 14.3 Å². The Bertz CT molecular complexity index is 925. The van der Waals surface area contributed by atoms with Crippen molar-refractivity contribution in [2.24, 2.45) is 16.2 Å². The van der Waals surface area contributed by atoms with Crippen LogP contribution in [0.1, 0.15) is 53.9 Å². The Kier molecular flexibility index (Phi) is 7.92. The third-order valence-electron chi connectivity index (χ3n) is 3.92. The van der Waals surface area contributed by atoms with E-state index in [1.54, 1.807) is 26.2 Å². The maximum atomic E-state index is 13.5. The van der Waals surface area contributed by atoms with E-state index < -0.39 is 39.5 Å². The highest BCUT2D eigenvalue weighted by Crippen LogP contribution is 2.31. The molecule has 0 spiro atoms. The lowest BCUT2D eigenvalue weighted by Crippen LogP contribution is -2.44. The molecular weight excluding hydrogens is 450 g/mol. The van der Waals surface area contributed by atoms with E-state index in [0.717, 1.165) is 11.3 Å². The Morgan fingerprint density at radius 1 is 1.33 bits per heavy atom. The first-order valence-corrected chi connectivity index (χ1v) is 12.4. The number of nitrogens with zero attached hydrogens (tertiary/aromatic N) is 1. The van der Waals surface area contributed by atoms with Crippen LogP contribution in [0.3, 0.4) is 0 Å². The molecule has 30 heavy (non-hydrogen) atoms. The number of carbonyl (C=O) groups is 3. The molecule has 8 nitrogen and oxygen atoms in total. The van der Waals surface area contributed by atoms with Crippen molar-refractivity contribution in [1.82, 2.24) is 10.0 Å². The van der Waals surface area contributed by atoms with Crippen LogP contribution in [-0.4, -0.2) is 33.8 Å². The van der Waals surface area contributed by atoms with Gasteiger partial charge in [-0.2, -0.15) is 0 Å². The fourth-order valence-corrected chi connectivity index (χ4v) is 5.57. The minimum Gasteiger partial charge on any atom is -0.444 e. The second kappa shape index (κ2) is 9.65. The maximum absolute atomic E-state index is 13.5. The van der Waals surface area contributed by atoms with Crippen LogP contribution in [0.25, 0.3) is 0 Å². The molecule has 1 aromatic heterocycles. The molecule has 3 amide bonds. The fourth-order valence-electron chi connectivity index (χ4n) is 2.46. The lowest BCUT2D eigenvalue weighted by molar-refractivity contribution is -0.120. The maximum Gasteiger partial charge on any atom is 0.408 e. The van der Waals surface area contributed by atoms with Gasteiger partial charge in [0.2, 0.25) is 5.91 Å². The van der Waals surface area contributed by atoms with Crippen molar-refractivity contribution in [3.8, 4) is 0 Å². The first-order chi connectivity index (χ1) is 13.8. The summed E-state index contributed by atoms with van der Waals surface area (Å²) in [6, 6.07) is 0.367. The van der Waals surface area contributed by atoms with Gasteiger partial charge in [-0.1, -0.05) is 25.4 Å². The zero-order valence-electron chi connectivity index (χ0n) is 17.7. The number of rotatable bonds is 7. The number of ether oxygens (including phenoxy) is 1. The van der Waals surface area contributed by atoms with Crippen molar-refractivity contribution in [3.63, 3.8) is 0 Å². The van der Waals surface area contributed by atoms with Crippen molar-refractivity contribution in [1.29, 1.82) is 0 Å². The smallest absolute Gasteiger partial charge is 0.408 e. The zero-order chi connectivity index (χ0) is 22.7. The number of hydrogen-bond donors (Lipinski definition) is 2. The van der Waals surface area contributed by atoms with Gasteiger partial charge in [0.05, 0.1) is 5.02 Å². The SMILES string of the molecule is CC(C)C[C@H](NC(=O)OC(C)(C)C)C(=O)N=S(=O)(NC(=O)C1CC1)c1cc(Cl)cs1. The van der Waals surface area contributed by atoms with Gasteiger partial charge in [0.15, 0.2) is 9.92 Å². The third-order valence-corrected chi connectivity index (χ3v) is 7.53. The van der Waals surface area contributed by atoms with Gasteiger partial charge in [-0.15, -0.1) is 15.7 Å². The summed E-state index contributed by atoms with van der Waals surface area (Å²) in [4.78, 5) is 37.4. The number of halogens is 1. The molecule has 1 saturated carbocycles. The molecule has 2 atom stereocenters. The molecule has 0 saturated heterocycles. The summed E-state index contributed by atoms with van der Waals surface area (Å²) < 4.78 is 25.3. The van der Waals surface area contributed by atoms with Crippen LogP contribution in [0.2, 0.25) is 5.02 Å². The van der Waals surface area contributed by atoms with Gasteiger partial charge in [0, 0.05) is 11.3 Å². The first-order valence-electron chi connectivity index (χ1n) is 9.65. The van der Waals surface area contributed by atoms with Gasteiger partial charge >= 0.3 is 6.09 Å². The predicted octanol–water partition coefficient (Wildman–Crippen LogP) is 4.14. The van der Waals surface area contributed by atoms with E-state index in [1.165, 1.54) is 6.07 Å². The van der Waals surface area contributed by atoms with E-state index in [4.69, 9.17) is 16.3 Å². The standard InChI is InChI=1S/C19H28ClN3O5S2/c1-11(2)8-14(21-18(26)28-19(3,4)5)17(25)23-30(27,15-9-13(20)10-29-15)22-16(24)12-6-7-12/h9-12,14H,6-8H2,1-5H3,(H,21,26)(H,22,23,24,25,27)/t14-,30?/m0/s1. The van der Waals surface area contributed by atoms with Gasteiger partial charge in [-0.05, 0) is 52.0 Å². The number of hydrogen-bond acceptors (Lipinski definition) is 6. The number of thiophene rings is 1. The van der Waals surface area contributed by atoms with E-state index in [9.17, 15) is 18.6 Å². The molecule has 2 rings (SSSR count). The van der Waals surface area contributed by atoms with Gasteiger partial charge in [-0.25, -0.2) is 9.00 Å². The summed E-state index contributed by atoms with van der Waals surface area (Å²) in [5.74, 6) is -1.41. The summed E-state index contributed by atoms with van der Waals surface area (Å²) in [5, 5.41) is 4.38. The average molecular weight is 478 g/mol. The van der Waals surface area contributed by atoms with Crippen molar-refractivity contribution < 1.29 is 23.3 Å². The molecular formula is C19H28ClN3O5S2. The van der Waals surface area contributed by atoms with E-state index in [0.29, 0.717) is 17.9 Å². The van der Waals surface area contributed by atoms with Crippen molar-refractivity contribution in [2.75, 3.05) is 0 Å². The number of amides is 3. The molecule has 0 aliphatic heterocycles. The van der Waals surface area contributed by atoms with Crippen molar-refractivity contribution in [2.45, 2.75) is 69.7 Å². The number of carbonyl (C=O) groups excluding carboxylic acids is 3. The van der Waals surface area contributed by atoms with Gasteiger partial charge in [0.25, 0.3) is 5.91 Å². The molecule has 2 N–H and O–H groups in total. The molecule has 0 bridgehead atoms. The molecule has 1 aromatic rings. The first kappa shape index (κ1) is 24.6. The predicted molar refractivity (Wildman–Crippen MR) is 117 cm³/mol. The van der Waals surface area contributed by atoms with Crippen LogP contribution in [0.4, 0.5) is 4.79 Å². The molecule has 0 radical (unpaired) electrons. The minimum absolute atomic E-state index is 0.0392. The van der Waals surface area contributed by atoms with Crippen LogP contribution < -0.4 is 10.0 Å². The molecule has 168 valence electrons.